The van der Waals surface area contributed by atoms with Crippen molar-refractivity contribution in [2.24, 2.45) is 0 Å². The number of nitriles is 1. The Labute approximate surface area is 125 Å². The van der Waals surface area contributed by atoms with Crippen LogP contribution in [0.5, 0.6) is 0 Å². The van der Waals surface area contributed by atoms with E-state index in [0.717, 1.165) is 0 Å². The van der Waals surface area contributed by atoms with E-state index in [9.17, 15) is 14.7 Å². The zero-order valence-corrected chi connectivity index (χ0v) is 11.4. The highest BCUT2D eigenvalue weighted by atomic mass is 16.3. The number of hydrogen-bond acceptors (Lipinski definition) is 5. The molecule has 8 heteroatoms. The zero-order valence-electron chi connectivity index (χ0n) is 11.4. The largest absolute Gasteiger partial charge is 0.387 e. The molecule has 0 bridgehead atoms. The number of aliphatic hydroxyl groups is 1. The maximum Gasteiger partial charge on any atom is 0.314 e. The molecule has 0 radical (unpaired) electrons. The Hall–Kier alpha value is -3.18. The number of aliphatic hydroxyl groups excluding tert-OH is 1. The molecule has 4 N–H and O–H groups in total. The van der Waals surface area contributed by atoms with E-state index >= 15 is 0 Å². The lowest BCUT2D eigenvalue weighted by Gasteiger charge is -2.11. The molecule has 0 aliphatic rings. The predicted molar refractivity (Wildman–Crippen MR) is 76.3 cm³/mol. The number of amides is 2. The normalized spacial score (nSPS) is 11.3. The Morgan fingerprint density at radius 2 is 2.05 bits per heavy atom. The van der Waals surface area contributed by atoms with Crippen molar-refractivity contribution in [2.75, 3.05) is 11.9 Å². The van der Waals surface area contributed by atoms with Gasteiger partial charge in [-0.2, -0.15) is 10.4 Å². The van der Waals surface area contributed by atoms with E-state index in [-0.39, 0.29) is 17.9 Å². The Bertz CT molecular complexity index is 705. The van der Waals surface area contributed by atoms with Crippen molar-refractivity contribution >= 4 is 17.6 Å². The molecule has 1 heterocycles. The van der Waals surface area contributed by atoms with Crippen LogP contribution in [0.4, 0.5) is 5.82 Å². The molecule has 2 rings (SSSR count). The van der Waals surface area contributed by atoms with Crippen molar-refractivity contribution in [3.8, 4) is 6.07 Å². The van der Waals surface area contributed by atoms with Gasteiger partial charge in [0.2, 0.25) is 0 Å². The molecular weight excluding hydrogens is 286 g/mol. The molecule has 0 spiro atoms. The van der Waals surface area contributed by atoms with E-state index < -0.39 is 17.9 Å². The topological polar surface area (TPSA) is 131 Å². The van der Waals surface area contributed by atoms with Crippen LogP contribution in [0.3, 0.4) is 0 Å². The molecule has 0 fully saturated rings. The van der Waals surface area contributed by atoms with Crippen LogP contribution < -0.4 is 10.6 Å². The average Bonchev–Trinajstić information content (AvgIpc) is 3.00. The summed E-state index contributed by atoms with van der Waals surface area (Å²) < 4.78 is 0. The fourth-order valence-corrected chi connectivity index (χ4v) is 1.70. The van der Waals surface area contributed by atoms with Crippen LogP contribution in [0.25, 0.3) is 0 Å². The molecule has 1 aromatic carbocycles. The molecule has 0 aliphatic heterocycles. The molecule has 1 aromatic heterocycles. The van der Waals surface area contributed by atoms with Gasteiger partial charge in [-0.15, -0.1) is 0 Å². The number of anilines is 1. The number of carbonyl (C=O) groups is 2. The third-order valence-corrected chi connectivity index (χ3v) is 2.84. The number of nitrogens with zero attached hydrogens (tertiary/aromatic N) is 2. The van der Waals surface area contributed by atoms with Crippen LogP contribution in [-0.4, -0.2) is 33.7 Å². The van der Waals surface area contributed by atoms with Crippen molar-refractivity contribution < 1.29 is 14.7 Å². The second-order valence-corrected chi connectivity index (χ2v) is 4.36. The van der Waals surface area contributed by atoms with Gasteiger partial charge in [-0.05, 0) is 5.56 Å². The van der Waals surface area contributed by atoms with Gasteiger partial charge in [0.1, 0.15) is 17.5 Å². The smallest absolute Gasteiger partial charge is 0.314 e. The fraction of sp³-hybridized carbons (Fsp3) is 0.143. The number of aromatic amines is 1. The Kier molecular flexibility index (Phi) is 4.85. The lowest BCUT2D eigenvalue weighted by molar-refractivity contribution is -0.136. The Balaban J connectivity index is 1.87. The Morgan fingerprint density at radius 1 is 1.32 bits per heavy atom. The minimum atomic E-state index is -0.957. The monoisotopic (exact) mass is 299 g/mol. The van der Waals surface area contributed by atoms with Crippen molar-refractivity contribution in [2.45, 2.75) is 6.10 Å². The SMILES string of the molecule is N#Cc1cn[nH]c1NC(=O)C(=O)NC[C@@H](O)c1ccccc1. The summed E-state index contributed by atoms with van der Waals surface area (Å²) in [5.74, 6) is -1.83. The highest BCUT2D eigenvalue weighted by molar-refractivity contribution is 6.39. The first-order valence-electron chi connectivity index (χ1n) is 6.37. The summed E-state index contributed by atoms with van der Waals surface area (Å²) >= 11 is 0. The molecular formula is C14H13N5O3. The van der Waals surface area contributed by atoms with Gasteiger partial charge in [-0.25, -0.2) is 0 Å². The summed E-state index contributed by atoms with van der Waals surface area (Å²) in [6.45, 7) is -0.107. The minimum absolute atomic E-state index is 0.0475. The lowest BCUT2D eigenvalue weighted by Crippen LogP contribution is -2.37. The van der Waals surface area contributed by atoms with Gasteiger partial charge in [0.25, 0.3) is 0 Å². The summed E-state index contributed by atoms with van der Waals surface area (Å²) in [6.07, 6.45) is 0.312. The molecule has 8 nitrogen and oxygen atoms in total. The van der Waals surface area contributed by atoms with E-state index in [1.807, 2.05) is 6.07 Å². The third-order valence-electron chi connectivity index (χ3n) is 2.84. The molecule has 0 saturated carbocycles. The van der Waals surface area contributed by atoms with Crippen LogP contribution in [-0.2, 0) is 9.59 Å². The second kappa shape index (κ2) is 7.01. The molecule has 0 aliphatic carbocycles. The predicted octanol–water partition coefficient (Wildman–Crippen LogP) is 0.0697. The highest BCUT2D eigenvalue weighted by Crippen LogP contribution is 2.11. The van der Waals surface area contributed by atoms with Crippen LogP contribution in [0, 0.1) is 11.3 Å². The van der Waals surface area contributed by atoms with Gasteiger partial charge < -0.3 is 15.7 Å². The van der Waals surface area contributed by atoms with E-state index in [1.165, 1.54) is 6.20 Å². The van der Waals surface area contributed by atoms with E-state index in [4.69, 9.17) is 5.26 Å². The first-order valence-corrected chi connectivity index (χ1v) is 6.37. The van der Waals surface area contributed by atoms with E-state index in [0.29, 0.717) is 5.56 Å². The molecule has 112 valence electrons. The third kappa shape index (κ3) is 3.68. The average molecular weight is 299 g/mol. The second-order valence-electron chi connectivity index (χ2n) is 4.36. The standard InChI is InChI=1S/C14H13N5O3/c15-6-10-7-17-19-12(10)18-14(22)13(21)16-8-11(20)9-4-2-1-3-5-9/h1-5,7,11,20H,8H2,(H,16,21)(H2,17,18,19,22)/t11-/m1/s1. The molecule has 0 unspecified atom stereocenters. The molecule has 2 aromatic rings. The Morgan fingerprint density at radius 3 is 2.73 bits per heavy atom. The first kappa shape index (κ1) is 15.2. The summed E-state index contributed by atoms with van der Waals surface area (Å²) in [4.78, 5) is 23.3. The first-order chi connectivity index (χ1) is 10.6. The van der Waals surface area contributed by atoms with Crippen LogP contribution in [0.2, 0.25) is 0 Å². The lowest BCUT2D eigenvalue weighted by atomic mass is 10.1. The maximum atomic E-state index is 11.7. The maximum absolute atomic E-state index is 11.7. The molecule has 22 heavy (non-hydrogen) atoms. The number of rotatable bonds is 4. The van der Waals surface area contributed by atoms with Crippen LogP contribution >= 0.6 is 0 Å². The van der Waals surface area contributed by atoms with E-state index in [1.54, 1.807) is 30.3 Å². The summed E-state index contributed by atoms with van der Waals surface area (Å²) in [5, 5.41) is 29.2. The van der Waals surface area contributed by atoms with Crippen molar-refractivity contribution in [3.63, 3.8) is 0 Å². The van der Waals surface area contributed by atoms with Crippen LogP contribution in [0.1, 0.15) is 17.2 Å². The van der Waals surface area contributed by atoms with Crippen molar-refractivity contribution in [1.29, 1.82) is 5.26 Å². The molecule has 0 saturated heterocycles. The van der Waals surface area contributed by atoms with E-state index in [2.05, 4.69) is 20.8 Å². The van der Waals surface area contributed by atoms with Gasteiger partial charge in [0, 0.05) is 6.54 Å². The quantitative estimate of drug-likeness (QED) is 0.593. The number of H-pyrrole nitrogens is 1. The summed E-state index contributed by atoms with van der Waals surface area (Å²) in [6, 6.07) is 10.6. The van der Waals surface area contributed by atoms with Gasteiger partial charge in [-0.3, -0.25) is 14.7 Å². The van der Waals surface area contributed by atoms with Gasteiger partial charge in [-0.1, -0.05) is 30.3 Å². The number of aromatic nitrogens is 2. The van der Waals surface area contributed by atoms with Crippen molar-refractivity contribution in [1.82, 2.24) is 15.5 Å². The number of nitrogens with one attached hydrogen (secondary N) is 3. The number of benzene rings is 1. The summed E-state index contributed by atoms with van der Waals surface area (Å²) in [7, 11) is 0. The van der Waals surface area contributed by atoms with Crippen molar-refractivity contribution in [3.05, 3.63) is 47.7 Å². The highest BCUT2D eigenvalue weighted by Gasteiger charge is 2.17. The molecule has 2 amide bonds. The van der Waals surface area contributed by atoms with Gasteiger partial charge >= 0.3 is 11.8 Å². The number of carbonyl (C=O) groups excluding carboxylic acids is 2. The van der Waals surface area contributed by atoms with Gasteiger partial charge in [0.15, 0.2) is 0 Å². The zero-order chi connectivity index (χ0) is 15.9. The minimum Gasteiger partial charge on any atom is -0.387 e. The molecule has 1 atom stereocenters. The van der Waals surface area contributed by atoms with Gasteiger partial charge in [0.05, 0.1) is 12.3 Å². The summed E-state index contributed by atoms with van der Waals surface area (Å²) in [5.41, 5.74) is 0.744. The van der Waals surface area contributed by atoms with Crippen LogP contribution in [0.15, 0.2) is 36.5 Å². The number of hydrogen-bond donors (Lipinski definition) is 4. The fourth-order valence-electron chi connectivity index (χ4n) is 1.70.